The summed E-state index contributed by atoms with van der Waals surface area (Å²) < 4.78 is 5.03. The van der Waals surface area contributed by atoms with E-state index in [2.05, 4.69) is 15.2 Å². The lowest BCUT2D eigenvalue weighted by Gasteiger charge is -2.40. The number of fused-ring (bicyclic) bond motifs is 2. The van der Waals surface area contributed by atoms with Gasteiger partial charge in [-0.1, -0.05) is 0 Å². The average molecular weight is 451 g/mol. The Hall–Kier alpha value is -3.42. The zero-order valence-electron chi connectivity index (χ0n) is 19.3. The van der Waals surface area contributed by atoms with E-state index in [1.54, 1.807) is 38.2 Å². The lowest BCUT2D eigenvalue weighted by molar-refractivity contribution is 0.0525. The van der Waals surface area contributed by atoms with Crippen molar-refractivity contribution in [1.29, 1.82) is 0 Å². The van der Waals surface area contributed by atoms with Crippen molar-refractivity contribution in [3.8, 4) is 0 Å². The maximum atomic E-state index is 13.0. The molecule has 3 atom stereocenters. The number of primary amides is 1. The van der Waals surface area contributed by atoms with E-state index in [0.717, 1.165) is 37.1 Å². The number of ether oxygens (including phenoxy) is 1. The lowest BCUT2D eigenvalue weighted by atomic mass is 9.95. The van der Waals surface area contributed by atoms with E-state index < -0.39 is 5.91 Å². The molecule has 8 heteroatoms. The van der Waals surface area contributed by atoms with Gasteiger partial charge in [0.2, 0.25) is 5.91 Å². The number of pyridine rings is 1. The normalized spacial score (nSPS) is 21.5. The van der Waals surface area contributed by atoms with Crippen molar-refractivity contribution >= 4 is 23.6 Å². The highest BCUT2D eigenvalue weighted by Gasteiger charge is 2.42. The SMILES string of the molecule is CCOC(=O)c1ccc(N2[C@@H]3CC[C@H]2CC(NC(=O)c2cc(C)c(C(N)=O)cc2C)C3)nc1. The van der Waals surface area contributed by atoms with E-state index >= 15 is 0 Å². The third-order valence-corrected chi connectivity index (χ3v) is 6.67. The average Bonchev–Trinajstić information content (AvgIpc) is 3.05. The number of anilines is 1. The minimum absolute atomic E-state index is 0.0700. The van der Waals surface area contributed by atoms with E-state index in [4.69, 9.17) is 10.5 Å². The van der Waals surface area contributed by atoms with E-state index in [9.17, 15) is 14.4 Å². The number of carbonyl (C=O) groups excluding carboxylic acids is 3. The molecule has 2 bridgehead atoms. The van der Waals surface area contributed by atoms with Crippen LogP contribution in [0, 0.1) is 13.8 Å². The second-order valence-corrected chi connectivity index (χ2v) is 8.91. The zero-order chi connectivity index (χ0) is 23.7. The van der Waals surface area contributed by atoms with E-state index in [1.807, 2.05) is 13.0 Å². The Morgan fingerprint density at radius 1 is 1.09 bits per heavy atom. The number of hydrogen-bond donors (Lipinski definition) is 2. The fourth-order valence-corrected chi connectivity index (χ4v) is 5.13. The molecule has 0 radical (unpaired) electrons. The van der Waals surface area contributed by atoms with Gasteiger partial charge in [-0.15, -0.1) is 0 Å². The van der Waals surface area contributed by atoms with Crippen LogP contribution in [-0.2, 0) is 4.74 Å². The number of nitrogens with two attached hydrogens (primary N) is 1. The first-order valence-corrected chi connectivity index (χ1v) is 11.4. The fraction of sp³-hybridized carbons (Fsp3) is 0.440. The van der Waals surface area contributed by atoms with Gasteiger partial charge in [0.25, 0.3) is 5.91 Å². The zero-order valence-corrected chi connectivity index (χ0v) is 19.3. The third-order valence-electron chi connectivity index (χ3n) is 6.67. The minimum Gasteiger partial charge on any atom is -0.462 e. The topological polar surface area (TPSA) is 115 Å². The molecule has 174 valence electrons. The predicted octanol–water partition coefficient (Wildman–Crippen LogP) is 2.90. The summed E-state index contributed by atoms with van der Waals surface area (Å²) in [6.07, 6.45) is 5.33. The van der Waals surface area contributed by atoms with Crippen LogP contribution in [-0.4, -0.2) is 47.5 Å². The molecule has 2 amide bonds. The van der Waals surface area contributed by atoms with Crippen molar-refractivity contribution in [2.45, 2.75) is 64.6 Å². The highest BCUT2D eigenvalue weighted by Crippen LogP contribution is 2.38. The van der Waals surface area contributed by atoms with Gasteiger partial charge < -0.3 is 20.7 Å². The molecular weight excluding hydrogens is 420 g/mol. The first-order chi connectivity index (χ1) is 15.8. The van der Waals surface area contributed by atoms with E-state index in [1.165, 1.54) is 0 Å². The van der Waals surface area contributed by atoms with Crippen molar-refractivity contribution in [1.82, 2.24) is 10.3 Å². The molecule has 1 aromatic heterocycles. The molecule has 0 aliphatic carbocycles. The van der Waals surface area contributed by atoms with Crippen LogP contribution < -0.4 is 16.0 Å². The number of amides is 2. The number of carbonyl (C=O) groups is 3. The highest BCUT2D eigenvalue weighted by atomic mass is 16.5. The maximum Gasteiger partial charge on any atom is 0.339 e. The van der Waals surface area contributed by atoms with E-state index in [0.29, 0.717) is 28.9 Å². The molecule has 3 heterocycles. The molecule has 3 N–H and O–H groups in total. The molecule has 2 saturated heterocycles. The molecule has 0 spiro atoms. The fourth-order valence-electron chi connectivity index (χ4n) is 5.13. The number of benzene rings is 1. The van der Waals surface area contributed by atoms with Crippen LogP contribution in [0.1, 0.15) is 74.8 Å². The molecule has 1 unspecified atom stereocenters. The summed E-state index contributed by atoms with van der Waals surface area (Å²) in [6, 6.07) is 7.71. The summed E-state index contributed by atoms with van der Waals surface area (Å²) in [5.41, 5.74) is 8.32. The van der Waals surface area contributed by atoms with Crippen LogP contribution in [0.25, 0.3) is 0 Å². The number of piperidine rings is 1. The summed E-state index contributed by atoms with van der Waals surface area (Å²) in [5, 5.41) is 3.20. The van der Waals surface area contributed by atoms with Crippen LogP contribution in [0.5, 0.6) is 0 Å². The summed E-state index contributed by atoms with van der Waals surface area (Å²) >= 11 is 0. The van der Waals surface area contributed by atoms with Crippen LogP contribution >= 0.6 is 0 Å². The largest absolute Gasteiger partial charge is 0.462 e. The van der Waals surface area contributed by atoms with Gasteiger partial charge in [0.15, 0.2) is 0 Å². The van der Waals surface area contributed by atoms with Gasteiger partial charge in [-0.2, -0.15) is 0 Å². The molecule has 2 aromatic rings. The molecule has 8 nitrogen and oxygen atoms in total. The number of nitrogens with zero attached hydrogens (tertiary/aromatic N) is 2. The molecule has 0 saturated carbocycles. The molecule has 4 rings (SSSR count). The third kappa shape index (κ3) is 4.55. The summed E-state index contributed by atoms with van der Waals surface area (Å²) in [4.78, 5) is 43.3. The van der Waals surface area contributed by atoms with Gasteiger partial charge in [0.1, 0.15) is 5.82 Å². The van der Waals surface area contributed by atoms with E-state index in [-0.39, 0.29) is 30.0 Å². The molecular formula is C25H30N4O4. The minimum atomic E-state index is -0.490. The van der Waals surface area contributed by atoms with Crippen LogP contribution in [0.4, 0.5) is 5.82 Å². The second-order valence-electron chi connectivity index (χ2n) is 8.91. The number of aryl methyl sites for hydroxylation is 2. The lowest BCUT2D eigenvalue weighted by Crippen LogP contribution is -2.50. The number of hydrogen-bond acceptors (Lipinski definition) is 6. The van der Waals surface area contributed by atoms with Crippen LogP contribution in [0.2, 0.25) is 0 Å². The number of esters is 1. The van der Waals surface area contributed by atoms with Gasteiger partial charge in [0.05, 0.1) is 12.2 Å². The second kappa shape index (κ2) is 9.21. The van der Waals surface area contributed by atoms with Crippen molar-refractivity contribution < 1.29 is 19.1 Å². The van der Waals surface area contributed by atoms with Crippen molar-refractivity contribution in [3.05, 3.63) is 58.3 Å². The molecule has 1 aromatic carbocycles. The highest BCUT2D eigenvalue weighted by molar-refractivity contribution is 5.99. The maximum absolute atomic E-state index is 13.0. The first kappa shape index (κ1) is 22.8. The quantitative estimate of drug-likeness (QED) is 0.654. The number of aromatic nitrogens is 1. The Bertz CT molecular complexity index is 1070. The van der Waals surface area contributed by atoms with Crippen molar-refractivity contribution in [2.24, 2.45) is 5.73 Å². The van der Waals surface area contributed by atoms with Gasteiger partial charge >= 0.3 is 5.97 Å². The number of rotatable bonds is 6. The summed E-state index contributed by atoms with van der Waals surface area (Å²) in [5.74, 6) is -0.124. The van der Waals surface area contributed by atoms with Crippen molar-refractivity contribution in [3.63, 3.8) is 0 Å². The van der Waals surface area contributed by atoms with Crippen LogP contribution in [0.15, 0.2) is 30.5 Å². The van der Waals surface area contributed by atoms with Crippen LogP contribution in [0.3, 0.4) is 0 Å². The summed E-state index contributed by atoms with van der Waals surface area (Å²) in [7, 11) is 0. The molecule has 2 aliphatic heterocycles. The van der Waals surface area contributed by atoms with Gasteiger partial charge in [-0.05, 0) is 81.8 Å². The molecule has 2 aliphatic rings. The monoisotopic (exact) mass is 450 g/mol. The Morgan fingerprint density at radius 2 is 1.73 bits per heavy atom. The Labute approximate surface area is 193 Å². The number of nitrogens with one attached hydrogen (secondary N) is 1. The Morgan fingerprint density at radius 3 is 2.30 bits per heavy atom. The summed E-state index contributed by atoms with van der Waals surface area (Å²) in [6.45, 7) is 5.71. The standard InChI is InChI=1S/C25H30N4O4/c1-4-33-25(32)16-5-8-22(27-13-16)29-18-6-7-19(29)12-17(11-18)28-24(31)21-10-14(2)20(23(26)30)9-15(21)3/h5,8-10,13,17-19H,4,6-7,11-12H2,1-3H3,(H2,26,30)(H,28,31)/t17?,18-,19+. The first-order valence-electron chi connectivity index (χ1n) is 11.4. The van der Waals surface area contributed by atoms with Gasteiger partial charge in [0, 0.05) is 35.4 Å². The Balaban J connectivity index is 1.43. The Kier molecular flexibility index (Phi) is 6.35. The van der Waals surface area contributed by atoms with Crippen molar-refractivity contribution in [2.75, 3.05) is 11.5 Å². The van der Waals surface area contributed by atoms with Gasteiger partial charge in [-0.3, -0.25) is 9.59 Å². The smallest absolute Gasteiger partial charge is 0.339 e. The molecule has 2 fully saturated rings. The predicted molar refractivity (Wildman–Crippen MR) is 124 cm³/mol. The van der Waals surface area contributed by atoms with Gasteiger partial charge in [-0.25, -0.2) is 9.78 Å². The molecule has 33 heavy (non-hydrogen) atoms.